The third-order valence-electron chi connectivity index (χ3n) is 5.10. The maximum atomic E-state index is 11.5. The van der Waals surface area contributed by atoms with Crippen LogP contribution in [0.25, 0.3) is 6.08 Å². The number of aldehydes is 1. The van der Waals surface area contributed by atoms with E-state index in [0.29, 0.717) is 0 Å². The minimum atomic E-state index is 0.738. The van der Waals surface area contributed by atoms with Crippen molar-refractivity contribution in [3.05, 3.63) is 46.7 Å². The minimum absolute atomic E-state index is 0.738. The lowest BCUT2D eigenvalue weighted by molar-refractivity contribution is -0.105. The molecule has 1 fully saturated rings. The van der Waals surface area contributed by atoms with Gasteiger partial charge in [0.1, 0.15) is 6.29 Å². The second kappa shape index (κ2) is 8.34. The summed E-state index contributed by atoms with van der Waals surface area (Å²) in [5.41, 5.74) is 5.82. The standard InChI is InChI=1S/C21H28N2O2/c1-3-22(4-2)20-9-5-17(6-10-20)15-18-7-8-19(16-24)21(18)23-11-13-25-14-12-23/h5-6,9-10,15-16H,3-4,7-8,11-14H2,1-2H3/b18-15+. The number of carbonyl (C=O) groups is 1. The number of nitrogens with zero attached hydrogens (tertiary/aromatic N) is 2. The molecule has 0 N–H and O–H groups in total. The minimum Gasteiger partial charge on any atom is -0.378 e. The van der Waals surface area contributed by atoms with Gasteiger partial charge in [0, 0.05) is 43.1 Å². The first-order valence-corrected chi connectivity index (χ1v) is 9.33. The third-order valence-corrected chi connectivity index (χ3v) is 5.10. The number of ether oxygens (including phenoxy) is 1. The van der Waals surface area contributed by atoms with Gasteiger partial charge in [-0.25, -0.2) is 0 Å². The van der Waals surface area contributed by atoms with Crippen LogP contribution in [0.5, 0.6) is 0 Å². The predicted octanol–water partition coefficient (Wildman–Crippen LogP) is 3.50. The van der Waals surface area contributed by atoms with E-state index in [1.165, 1.54) is 16.8 Å². The number of rotatable bonds is 6. The molecule has 0 spiro atoms. The Balaban J connectivity index is 1.84. The zero-order valence-corrected chi connectivity index (χ0v) is 15.3. The Labute approximate surface area is 150 Å². The highest BCUT2D eigenvalue weighted by atomic mass is 16.5. The number of morpholine rings is 1. The van der Waals surface area contributed by atoms with Crippen LogP contribution in [-0.4, -0.2) is 50.6 Å². The lowest BCUT2D eigenvalue weighted by Gasteiger charge is -2.31. The highest BCUT2D eigenvalue weighted by Gasteiger charge is 2.25. The highest BCUT2D eigenvalue weighted by Crippen LogP contribution is 2.35. The normalized spacial score (nSPS) is 19.6. The molecule has 25 heavy (non-hydrogen) atoms. The topological polar surface area (TPSA) is 32.8 Å². The Bertz CT molecular complexity index is 651. The fraction of sp³-hybridized carbons (Fsp3) is 0.476. The number of hydrogen-bond donors (Lipinski definition) is 0. The van der Waals surface area contributed by atoms with Gasteiger partial charge in [0.2, 0.25) is 0 Å². The van der Waals surface area contributed by atoms with Gasteiger partial charge in [-0.05, 0) is 56.0 Å². The van der Waals surface area contributed by atoms with Crippen molar-refractivity contribution in [2.24, 2.45) is 0 Å². The van der Waals surface area contributed by atoms with Crippen LogP contribution >= 0.6 is 0 Å². The molecule has 1 heterocycles. The molecule has 2 aliphatic rings. The van der Waals surface area contributed by atoms with E-state index >= 15 is 0 Å². The summed E-state index contributed by atoms with van der Waals surface area (Å²) in [6.45, 7) is 9.60. The summed E-state index contributed by atoms with van der Waals surface area (Å²) < 4.78 is 5.46. The Morgan fingerprint density at radius 2 is 1.76 bits per heavy atom. The largest absolute Gasteiger partial charge is 0.378 e. The predicted molar refractivity (Wildman–Crippen MR) is 103 cm³/mol. The third kappa shape index (κ3) is 3.96. The second-order valence-corrected chi connectivity index (χ2v) is 6.52. The second-order valence-electron chi connectivity index (χ2n) is 6.52. The zero-order chi connectivity index (χ0) is 17.6. The summed E-state index contributed by atoms with van der Waals surface area (Å²) in [6, 6.07) is 8.73. The lowest BCUT2D eigenvalue weighted by atomic mass is 10.1. The molecule has 0 amide bonds. The number of hydrogen-bond acceptors (Lipinski definition) is 4. The number of allylic oxidation sites excluding steroid dienone is 2. The molecule has 0 radical (unpaired) electrons. The molecule has 0 atom stereocenters. The van der Waals surface area contributed by atoms with Crippen molar-refractivity contribution >= 4 is 18.0 Å². The van der Waals surface area contributed by atoms with Crippen molar-refractivity contribution in [1.29, 1.82) is 0 Å². The van der Waals surface area contributed by atoms with Crippen molar-refractivity contribution in [2.75, 3.05) is 44.3 Å². The molecular formula is C21H28N2O2. The fourth-order valence-corrected chi connectivity index (χ4v) is 3.73. The van der Waals surface area contributed by atoms with Gasteiger partial charge in [-0.3, -0.25) is 4.79 Å². The summed E-state index contributed by atoms with van der Waals surface area (Å²) in [7, 11) is 0. The van der Waals surface area contributed by atoms with E-state index in [-0.39, 0.29) is 0 Å². The van der Waals surface area contributed by atoms with Crippen LogP contribution < -0.4 is 4.90 Å². The molecule has 1 aliphatic carbocycles. The van der Waals surface area contributed by atoms with E-state index in [0.717, 1.165) is 69.8 Å². The van der Waals surface area contributed by atoms with Gasteiger partial charge in [-0.1, -0.05) is 12.1 Å². The van der Waals surface area contributed by atoms with Crippen LogP contribution in [0.2, 0.25) is 0 Å². The van der Waals surface area contributed by atoms with Crippen molar-refractivity contribution < 1.29 is 9.53 Å². The number of anilines is 1. The first-order chi connectivity index (χ1) is 12.3. The zero-order valence-electron chi connectivity index (χ0n) is 15.3. The Morgan fingerprint density at radius 1 is 1.08 bits per heavy atom. The van der Waals surface area contributed by atoms with Gasteiger partial charge in [0.25, 0.3) is 0 Å². The molecule has 1 aromatic rings. The van der Waals surface area contributed by atoms with E-state index in [4.69, 9.17) is 4.74 Å². The molecule has 3 rings (SSSR count). The highest BCUT2D eigenvalue weighted by molar-refractivity contribution is 5.80. The summed E-state index contributed by atoms with van der Waals surface area (Å²) >= 11 is 0. The van der Waals surface area contributed by atoms with Crippen LogP contribution in [0.15, 0.2) is 41.1 Å². The molecule has 0 unspecified atom stereocenters. The van der Waals surface area contributed by atoms with Crippen molar-refractivity contribution in [3.8, 4) is 0 Å². The molecular weight excluding hydrogens is 312 g/mol. The Morgan fingerprint density at radius 3 is 2.36 bits per heavy atom. The molecule has 4 nitrogen and oxygen atoms in total. The van der Waals surface area contributed by atoms with Crippen LogP contribution in [0, 0.1) is 0 Å². The molecule has 0 bridgehead atoms. The average molecular weight is 340 g/mol. The van der Waals surface area contributed by atoms with Gasteiger partial charge in [-0.2, -0.15) is 0 Å². The Hall–Kier alpha value is -2.07. The maximum Gasteiger partial charge on any atom is 0.148 e. The lowest BCUT2D eigenvalue weighted by Crippen LogP contribution is -2.36. The molecule has 4 heteroatoms. The molecule has 0 aromatic heterocycles. The van der Waals surface area contributed by atoms with Gasteiger partial charge in [-0.15, -0.1) is 0 Å². The molecule has 1 aromatic carbocycles. The number of carbonyl (C=O) groups excluding carboxylic acids is 1. The summed E-state index contributed by atoms with van der Waals surface area (Å²) in [5.74, 6) is 0. The number of benzene rings is 1. The summed E-state index contributed by atoms with van der Waals surface area (Å²) in [6.07, 6.45) is 5.07. The first-order valence-electron chi connectivity index (χ1n) is 9.33. The summed E-state index contributed by atoms with van der Waals surface area (Å²) in [5, 5.41) is 0. The van der Waals surface area contributed by atoms with Crippen LogP contribution in [0.1, 0.15) is 32.3 Å². The van der Waals surface area contributed by atoms with Crippen molar-refractivity contribution in [3.63, 3.8) is 0 Å². The Kier molecular flexibility index (Phi) is 5.92. The SMILES string of the molecule is CCN(CC)c1ccc(/C=C2\CCC(C=O)=C2N2CCOCC2)cc1. The van der Waals surface area contributed by atoms with Crippen LogP contribution in [-0.2, 0) is 9.53 Å². The molecule has 1 saturated heterocycles. The van der Waals surface area contributed by atoms with Gasteiger partial charge in [0.05, 0.1) is 13.2 Å². The van der Waals surface area contributed by atoms with E-state index in [9.17, 15) is 4.79 Å². The van der Waals surface area contributed by atoms with Crippen molar-refractivity contribution in [1.82, 2.24) is 4.90 Å². The first kappa shape index (κ1) is 17.7. The average Bonchev–Trinajstić information content (AvgIpc) is 3.07. The summed E-state index contributed by atoms with van der Waals surface area (Å²) in [4.78, 5) is 16.2. The van der Waals surface area contributed by atoms with E-state index in [2.05, 4.69) is 54.0 Å². The van der Waals surface area contributed by atoms with Gasteiger partial charge in [0.15, 0.2) is 0 Å². The van der Waals surface area contributed by atoms with Gasteiger partial charge < -0.3 is 14.5 Å². The van der Waals surface area contributed by atoms with E-state index < -0.39 is 0 Å². The smallest absolute Gasteiger partial charge is 0.148 e. The quantitative estimate of drug-likeness (QED) is 0.742. The van der Waals surface area contributed by atoms with Crippen molar-refractivity contribution in [2.45, 2.75) is 26.7 Å². The van der Waals surface area contributed by atoms with E-state index in [1.807, 2.05) is 0 Å². The monoisotopic (exact) mass is 340 g/mol. The van der Waals surface area contributed by atoms with Gasteiger partial charge >= 0.3 is 0 Å². The molecule has 0 saturated carbocycles. The van der Waals surface area contributed by atoms with Crippen LogP contribution in [0.4, 0.5) is 5.69 Å². The maximum absolute atomic E-state index is 11.5. The molecule has 1 aliphatic heterocycles. The van der Waals surface area contributed by atoms with Crippen LogP contribution in [0.3, 0.4) is 0 Å². The molecule has 134 valence electrons. The fourth-order valence-electron chi connectivity index (χ4n) is 3.73. The van der Waals surface area contributed by atoms with E-state index in [1.54, 1.807) is 0 Å².